The molecule has 1 aromatic carbocycles. The van der Waals surface area contributed by atoms with Crippen LogP contribution in [0.15, 0.2) is 24.4 Å². The van der Waals surface area contributed by atoms with Gasteiger partial charge in [0.15, 0.2) is 14.1 Å². The molecule has 22 heavy (non-hydrogen) atoms. The Hall–Kier alpha value is -1.59. The van der Waals surface area contributed by atoms with Gasteiger partial charge in [-0.15, -0.1) is 0 Å². The molecule has 0 radical (unpaired) electrons. The van der Waals surface area contributed by atoms with Gasteiger partial charge in [-0.2, -0.15) is 0 Å². The highest BCUT2D eigenvalue weighted by atomic mass is 28.4. The fourth-order valence-electron chi connectivity index (χ4n) is 1.81. The van der Waals surface area contributed by atoms with Crippen LogP contribution in [0.25, 0.3) is 11.0 Å². The van der Waals surface area contributed by atoms with Crippen molar-refractivity contribution < 1.29 is 9.22 Å². The van der Waals surface area contributed by atoms with Crippen LogP contribution < -0.4 is 0 Å². The Morgan fingerprint density at radius 2 is 1.91 bits per heavy atom. The fraction of sp³-hybridized carbons (Fsp3) is 0.471. The zero-order chi connectivity index (χ0) is 16.5. The topological polar surface area (TPSA) is 52.1 Å². The fourth-order valence-corrected chi connectivity index (χ4v) is 2.75. The van der Waals surface area contributed by atoms with E-state index in [1.807, 2.05) is 6.07 Å². The van der Waals surface area contributed by atoms with Crippen LogP contribution in [0.4, 0.5) is 0 Å². The van der Waals surface area contributed by atoms with Crippen molar-refractivity contribution in [1.82, 2.24) is 9.97 Å². The van der Waals surface area contributed by atoms with Gasteiger partial charge in [0, 0.05) is 5.56 Å². The summed E-state index contributed by atoms with van der Waals surface area (Å²) in [6.45, 7) is 13.1. The average Bonchev–Trinajstić information content (AvgIpc) is 2.43. The Morgan fingerprint density at radius 3 is 2.50 bits per heavy atom. The van der Waals surface area contributed by atoms with Crippen LogP contribution in [0, 0.1) is 0 Å². The highest BCUT2D eigenvalue weighted by Gasteiger charge is 2.37. The van der Waals surface area contributed by atoms with Gasteiger partial charge in [-0.1, -0.05) is 20.8 Å². The van der Waals surface area contributed by atoms with Crippen LogP contribution in [0.2, 0.25) is 18.1 Å². The minimum absolute atomic E-state index is 0.0339. The SMILES string of the molecule is CC(=O)c1ccc2ncc(CO[Si](C)(C)C(C)(C)C)nc2c1. The van der Waals surface area contributed by atoms with E-state index in [2.05, 4.69) is 43.8 Å². The van der Waals surface area contributed by atoms with Crippen LogP contribution in [-0.2, 0) is 11.0 Å². The van der Waals surface area contributed by atoms with Gasteiger partial charge in [-0.25, -0.2) is 4.98 Å². The number of aromatic nitrogens is 2. The number of ketones is 1. The zero-order valence-electron chi connectivity index (χ0n) is 14.2. The minimum atomic E-state index is -1.81. The Kier molecular flexibility index (Phi) is 4.49. The van der Waals surface area contributed by atoms with E-state index in [1.165, 1.54) is 0 Å². The molecule has 0 aliphatic heterocycles. The molecule has 0 N–H and O–H groups in total. The second-order valence-electron chi connectivity index (χ2n) is 7.17. The third-order valence-electron chi connectivity index (χ3n) is 4.39. The van der Waals surface area contributed by atoms with E-state index in [0.29, 0.717) is 12.2 Å². The van der Waals surface area contributed by atoms with Gasteiger partial charge >= 0.3 is 0 Å². The molecule has 0 aliphatic carbocycles. The molecule has 2 rings (SSSR count). The standard InChI is InChI=1S/C17H24N2O2Si/c1-12(20)13-7-8-15-16(9-13)19-14(10-18-15)11-21-22(5,6)17(2,3)4/h7-10H,11H2,1-6H3. The maximum absolute atomic E-state index is 11.5. The number of hydrogen-bond acceptors (Lipinski definition) is 4. The molecule has 0 unspecified atom stereocenters. The first kappa shape index (κ1) is 16.8. The van der Waals surface area contributed by atoms with Crippen molar-refractivity contribution in [2.75, 3.05) is 0 Å². The molecule has 0 fully saturated rings. The van der Waals surface area contributed by atoms with Gasteiger partial charge in [0.05, 0.1) is 29.5 Å². The van der Waals surface area contributed by atoms with Crippen LogP contribution in [0.5, 0.6) is 0 Å². The third-order valence-corrected chi connectivity index (χ3v) is 8.86. The minimum Gasteiger partial charge on any atom is -0.411 e. The largest absolute Gasteiger partial charge is 0.411 e. The van der Waals surface area contributed by atoms with E-state index in [9.17, 15) is 4.79 Å². The number of rotatable bonds is 4. The second kappa shape index (κ2) is 5.89. The predicted octanol–water partition coefficient (Wildman–Crippen LogP) is 4.35. The molecule has 0 atom stereocenters. The van der Waals surface area contributed by atoms with Gasteiger partial charge < -0.3 is 4.43 Å². The van der Waals surface area contributed by atoms with Crippen molar-refractivity contribution >= 4 is 25.1 Å². The van der Waals surface area contributed by atoms with Crippen molar-refractivity contribution in [2.45, 2.75) is 52.4 Å². The molecule has 0 saturated carbocycles. The average molecular weight is 316 g/mol. The van der Waals surface area contributed by atoms with Crippen LogP contribution in [0.3, 0.4) is 0 Å². The number of carbonyl (C=O) groups is 1. The van der Waals surface area contributed by atoms with Crippen LogP contribution in [0.1, 0.15) is 43.7 Å². The second-order valence-corrected chi connectivity index (χ2v) is 12.0. The van der Waals surface area contributed by atoms with Gasteiger partial charge in [0.1, 0.15) is 0 Å². The van der Waals surface area contributed by atoms with Crippen LogP contribution >= 0.6 is 0 Å². The van der Waals surface area contributed by atoms with E-state index < -0.39 is 8.32 Å². The molecule has 1 heterocycles. The van der Waals surface area contributed by atoms with E-state index >= 15 is 0 Å². The Labute approximate surface area is 133 Å². The number of benzene rings is 1. The molecule has 0 bridgehead atoms. The first-order chi connectivity index (χ1) is 10.1. The van der Waals surface area contributed by atoms with E-state index in [4.69, 9.17) is 4.43 Å². The summed E-state index contributed by atoms with van der Waals surface area (Å²) in [5.74, 6) is 0.0339. The quantitative estimate of drug-likeness (QED) is 0.621. The molecule has 118 valence electrons. The normalized spacial score (nSPS) is 12.6. The summed E-state index contributed by atoms with van der Waals surface area (Å²) in [5, 5.41) is 0.166. The number of fused-ring (bicyclic) bond motifs is 1. The Morgan fingerprint density at radius 1 is 1.23 bits per heavy atom. The summed E-state index contributed by atoms with van der Waals surface area (Å²) in [7, 11) is -1.81. The molecule has 5 heteroatoms. The van der Waals surface area contributed by atoms with Crippen molar-refractivity contribution in [3.8, 4) is 0 Å². The summed E-state index contributed by atoms with van der Waals surface area (Å²) in [5.41, 5.74) is 2.99. The van der Waals surface area contributed by atoms with E-state index in [-0.39, 0.29) is 10.8 Å². The van der Waals surface area contributed by atoms with Crippen molar-refractivity contribution in [1.29, 1.82) is 0 Å². The smallest absolute Gasteiger partial charge is 0.192 e. The van der Waals surface area contributed by atoms with Gasteiger partial charge in [-0.3, -0.25) is 9.78 Å². The number of hydrogen-bond donors (Lipinski definition) is 0. The lowest BCUT2D eigenvalue weighted by atomic mass is 10.1. The highest BCUT2D eigenvalue weighted by molar-refractivity contribution is 6.74. The number of carbonyl (C=O) groups excluding carboxylic acids is 1. The zero-order valence-corrected chi connectivity index (χ0v) is 15.2. The van der Waals surface area contributed by atoms with Crippen molar-refractivity contribution in [3.05, 3.63) is 35.7 Å². The monoisotopic (exact) mass is 316 g/mol. The van der Waals surface area contributed by atoms with Crippen molar-refractivity contribution in [3.63, 3.8) is 0 Å². The molecular formula is C17H24N2O2Si. The van der Waals surface area contributed by atoms with Crippen LogP contribution in [-0.4, -0.2) is 24.1 Å². The maximum Gasteiger partial charge on any atom is 0.192 e. The molecule has 0 aliphatic rings. The maximum atomic E-state index is 11.5. The molecule has 1 aromatic heterocycles. The summed E-state index contributed by atoms with van der Waals surface area (Å²) in [4.78, 5) is 20.5. The van der Waals surface area contributed by atoms with Gasteiger partial charge in [0.2, 0.25) is 0 Å². The first-order valence-electron chi connectivity index (χ1n) is 7.51. The third kappa shape index (κ3) is 3.59. The Balaban J connectivity index is 2.24. The lowest BCUT2D eigenvalue weighted by Gasteiger charge is -2.36. The molecule has 0 spiro atoms. The van der Waals surface area contributed by atoms with Gasteiger partial charge in [-0.05, 0) is 43.3 Å². The lowest BCUT2D eigenvalue weighted by Crippen LogP contribution is -2.40. The lowest BCUT2D eigenvalue weighted by molar-refractivity contribution is 0.101. The molecule has 4 nitrogen and oxygen atoms in total. The molecule has 0 amide bonds. The number of nitrogens with zero attached hydrogens (tertiary/aromatic N) is 2. The van der Waals surface area contributed by atoms with E-state index in [0.717, 1.165) is 16.7 Å². The summed E-state index contributed by atoms with van der Waals surface area (Å²) in [6, 6.07) is 5.41. The summed E-state index contributed by atoms with van der Waals surface area (Å²) >= 11 is 0. The number of Topliss-reactive ketones (excluding diaryl/α,β-unsaturated/α-hetero) is 1. The first-order valence-corrected chi connectivity index (χ1v) is 10.4. The predicted molar refractivity (Wildman–Crippen MR) is 91.5 cm³/mol. The van der Waals surface area contributed by atoms with E-state index in [1.54, 1.807) is 25.3 Å². The Bertz CT molecular complexity index is 705. The van der Waals surface area contributed by atoms with Gasteiger partial charge in [0.25, 0.3) is 0 Å². The van der Waals surface area contributed by atoms with Crippen molar-refractivity contribution in [2.24, 2.45) is 0 Å². The molecule has 2 aromatic rings. The highest BCUT2D eigenvalue weighted by Crippen LogP contribution is 2.36. The summed E-state index contributed by atoms with van der Waals surface area (Å²) in [6.07, 6.45) is 1.75. The summed E-state index contributed by atoms with van der Waals surface area (Å²) < 4.78 is 6.18. The molecule has 0 saturated heterocycles. The molecular weight excluding hydrogens is 292 g/mol.